The topological polar surface area (TPSA) is 83.7 Å². The van der Waals surface area contributed by atoms with E-state index >= 15 is 0 Å². The number of aromatic nitrogens is 4. The molecule has 2 aliphatic rings. The van der Waals surface area contributed by atoms with E-state index in [-0.39, 0.29) is 16.7 Å². The van der Waals surface area contributed by atoms with Crippen molar-refractivity contribution in [3.05, 3.63) is 18.0 Å². The van der Waals surface area contributed by atoms with Crippen LogP contribution in [0.15, 0.2) is 12.1 Å². The van der Waals surface area contributed by atoms with Crippen molar-refractivity contribution in [2.75, 3.05) is 25.0 Å². The summed E-state index contributed by atoms with van der Waals surface area (Å²) < 4.78 is 29.3. The van der Waals surface area contributed by atoms with Crippen LogP contribution in [0, 0.1) is 0 Å². The van der Waals surface area contributed by atoms with Gasteiger partial charge in [-0.2, -0.15) is 8.82 Å². The van der Waals surface area contributed by atoms with Crippen LogP contribution >= 0.6 is 0 Å². The van der Waals surface area contributed by atoms with Crippen molar-refractivity contribution in [2.24, 2.45) is 0 Å². The Kier molecular flexibility index (Phi) is 4.86. The molecular formula is C19H30N6O2S. The van der Waals surface area contributed by atoms with Crippen LogP contribution in [0.4, 0.5) is 5.82 Å². The molecule has 8 nitrogen and oxygen atoms in total. The van der Waals surface area contributed by atoms with Crippen molar-refractivity contribution in [2.45, 2.75) is 69.6 Å². The number of nitrogens with zero attached hydrogens (tertiary/aromatic N) is 6. The molecule has 9 heteroatoms. The fourth-order valence-corrected chi connectivity index (χ4v) is 6.04. The molecule has 1 saturated heterocycles. The van der Waals surface area contributed by atoms with Crippen molar-refractivity contribution >= 4 is 21.5 Å². The molecule has 0 atom stereocenters. The van der Waals surface area contributed by atoms with E-state index in [2.05, 4.69) is 35.9 Å². The highest BCUT2D eigenvalue weighted by molar-refractivity contribution is 7.89. The molecule has 0 radical (unpaired) electrons. The fourth-order valence-electron chi connectivity index (χ4n) is 4.09. The van der Waals surface area contributed by atoms with Crippen LogP contribution < -0.4 is 4.90 Å². The average Bonchev–Trinajstić information content (AvgIpc) is 3.04. The Balaban J connectivity index is 1.47. The zero-order chi connectivity index (χ0) is 20.1. The van der Waals surface area contributed by atoms with Gasteiger partial charge in [0.05, 0.1) is 11.3 Å². The molecule has 1 aliphatic heterocycles. The van der Waals surface area contributed by atoms with Crippen molar-refractivity contribution in [3.8, 4) is 0 Å². The molecule has 2 aromatic rings. The third-order valence-corrected chi connectivity index (χ3v) is 8.41. The zero-order valence-corrected chi connectivity index (χ0v) is 18.0. The van der Waals surface area contributed by atoms with Gasteiger partial charge in [-0.05, 0) is 25.0 Å². The van der Waals surface area contributed by atoms with Gasteiger partial charge in [-0.25, -0.2) is 8.42 Å². The smallest absolute Gasteiger partial charge is 0.217 e. The normalized spacial score (nSPS) is 20.1. The SMILES string of the molecule is CN(C1CN(c2ccc3nnc(C(C)(C)C)n3n2)C1)S(=O)(=O)C1CCCCC1. The van der Waals surface area contributed by atoms with Gasteiger partial charge >= 0.3 is 0 Å². The van der Waals surface area contributed by atoms with E-state index in [1.165, 1.54) is 0 Å². The van der Waals surface area contributed by atoms with Gasteiger partial charge in [0.25, 0.3) is 0 Å². The molecule has 1 saturated carbocycles. The summed E-state index contributed by atoms with van der Waals surface area (Å²) in [6, 6.07) is 3.86. The fraction of sp³-hybridized carbons (Fsp3) is 0.737. The molecule has 3 heterocycles. The minimum absolute atomic E-state index is 0.00687. The highest BCUT2D eigenvalue weighted by Crippen LogP contribution is 2.30. The highest BCUT2D eigenvalue weighted by atomic mass is 32.2. The first kappa shape index (κ1) is 19.6. The molecule has 0 bridgehead atoms. The van der Waals surface area contributed by atoms with E-state index in [9.17, 15) is 8.42 Å². The summed E-state index contributed by atoms with van der Waals surface area (Å²) in [5.74, 6) is 1.65. The maximum atomic E-state index is 12.9. The minimum atomic E-state index is -3.22. The van der Waals surface area contributed by atoms with Crippen molar-refractivity contribution in [1.29, 1.82) is 0 Å². The van der Waals surface area contributed by atoms with E-state index in [4.69, 9.17) is 5.10 Å². The van der Waals surface area contributed by atoms with Crippen LogP contribution in [-0.2, 0) is 15.4 Å². The Labute approximate surface area is 167 Å². The maximum Gasteiger partial charge on any atom is 0.217 e. The van der Waals surface area contributed by atoms with Crippen molar-refractivity contribution < 1.29 is 8.42 Å². The molecule has 4 rings (SSSR count). The molecule has 2 aromatic heterocycles. The van der Waals surface area contributed by atoms with Gasteiger partial charge in [-0.3, -0.25) is 0 Å². The lowest BCUT2D eigenvalue weighted by atomic mass is 9.96. The third kappa shape index (κ3) is 3.39. The Morgan fingerprint density at radius 2 is 1.75 bits per heavy atom. The van der Waals surface area contributed by atoms with Gasteiger partial charge in [0, 0.05) is 25.6 Å². The number of fused-ring (bicyclic) bond motifs is 1. The Bertz CT molecular complexity index is 952. The van der Waals surface area contributed by atoms with Gasteiger partial charge in [-0.1, -0.05) is 40.0 Å². The molecule has 0 unspecified atom stereocenters. The van der Waals surface area contributed by atoms with Gasteiger partial charge in [0.2, 0.25) is 10.0 Å². The van der Waals surface area contributed by atoms with E-state index in [1.54, 1.807) is 15.9 Å². The van der Waals surface area contributed by atoms with E-state index in [1.807, 2.05) is 12.1 Å². The molecule has 0 aromatic carbocycles. The molecule has 28 heavy (non-hydrogen) atoms. The van der Waals surface area contributed by atoms with Crippen LogP contribution in [0.1, 0.15) is 58.7 Å². The predicted molar refractivity (Wildman–Crippen MR) is 109 cm³/mol. The predicted octanol–water partition coefficient (Wildman–Crippen LogP) is 2.20. The molecule has 154 valence electrons. The summed E-state index contributed by atoms with van der Waals surface area (Å²) in [4.78, 5) is 2.11. The summed E-state index contributed by atoms with van der Waals surface area (Å²) in [5, 5.41) is 13.0. The van der Waals surface area contributed by atoms with Crippen LogP contribution in [0.2, 0.25) is 0 Å². The van der Waals surface area contributed by atoms with Crippen LogP contribution in [0.5, 0.6) is 0 Å². The zero-order valence-electron chi connectivity index (χ0n) is 17.2. The van der Waals surface area contributed by atoms with E-state index in [0.29, 0.717) is 13.1 Å². The quantitative estimate of drug-likeness (QED) is 0.774. The Morgan fingerprint density at radius 3 is 2.39 bits per heavy atom. The number of hydrogen-bond donors (Lipinski definition) is 0. The Hall–Kier alpha value is -1.74. The average molecular weight is 407 g/mol. The molecular weight excluding hydrogens is 376 g/mol. The summed E-state index contributed by atoms with van der Waals surface area (Å²) in [5.41, 5.74) is 0.569. The summed E-state index contributed by atoms with van der Waals surface area (Å²) in [6.07, 6.45) is 4.79. The van der Waals surface area contributed by atoms with Crippen LogP contribution in [0.25, 0.3) is 5.65 Å². The summed E-state index contributed by atoms with van der Waals surface area (Å²) in [7, 11) is -1.48. The van der Waals surface area contributed by atoms with Gasteiger partial charge in [-0.15, -0.1) is 15.3 Å². The van der Waals surface area contributed by atoms with E-state index in [0.717, 1.165) is 49.4 Å². The standard InChI is InChI=1S/C19H30N6O2S/c1-19(2,3)18-21-20-16-10-11-17(22-25(16)18)24-12-14(13-24)23(4)28(26,27)15-8-6-5-7-9-15/h10-11,14-15H,5-9,12-13H2,1-4H3. The Morgan fingerprint density at radius 1 is 1.07 bits per heavy atom. The van der Waals surface area contributed by atoms with E-state index < -0.39 is 10.0 Å². The van der Waals surface area contributed by atoms with Gasteiger partial charge in [0.1, 0.15) is 5.82 Å². The summed E-state index contributed by atoms with van der Waals surface area (Å²) in [6.45, 7) is 7.58. The third-order valence-electron chi connectivity index (χ3n) is 5.99. The second-order valence-electron chi connectivity index (χ2n) is 9.12. The summed E-state index contributed by atoms with van der Waals surface area (Å²) >= 11 is 0. The lowest BCUT2D eigenvalue weighted by Gasteiger charge is -2.45. The second kappa shape index (κ2) is 6.95. The lowest BCUT2D eigenvalue weighted by Crippen LogP contribution is -2.61. The molecule has 0 amide bonds. The van der Waals surface area contributed by atoms with Crippen LogP contribution in [0.3, 0.4) is 0 Å². The largest absolute Gasteiger partial charge is 0.352 e. The second-order valence-corrected chi connectivity index (χ2v) is 11.4. The first-order valence-corrected chi connectivity index (χ1v) is 11.6. The number of anilines is 1. The van der Waals surface area contributed by atoms with Crippen molar-refractivity contribution in [1.82, 2.24) is 24.1 Å². The number of rotatable bonds is 4. The number of hydrogen-bond acceptors (Lipinski definition) is 6. The molecule has 0 N–H and O–H groups in total. The monoisotopic (exact) mass is 406 g/mol. The van der Waals surface area contributed by atoms with Gasteiger partial charge in [0.15, 0.2) is 11.5 Å². The first-order valence-electron chi connectivity index (χ1n) is 10.1. The lowest BCUT2D eigenvalue weighted by molar-refractivity contribution is 0.301. The van der Waals surface area contributed by atoms with Gasteiger partial charge < -0.3 is 4.90 Å². The minimum Gasteiger partial charge on any atom is -0.352 e. The van der Waals surface area contributed by atoms with Crippen LogP contribution in [-0.4, -0.2) is 64.0 Å². The number of likely N-dealkylation sites (N-methyl/N-ethyl adjacent to an activating group) is 1. The maximum absolute atomic E-state index is 12.9. The number of sulfonamides is 1. The molecule has 2 fully saturated rings. The first-order chi connectivity index (χ1) is 13.2. The highest BCUT2D eigenvalue weighted by Gasteiger charge is 2.40. The van der Waals surface area contributed by atoms with Crippen molar-refractivity contribution in [3.63, 3.8) is 0 Å². The molecule has 1 aliphatic carbocycles. The molecule has 0 spiro atoms.